The molecule has 0 spiro atoms. The van der Waals surface area contributed by atoms with Crippen LogP contribution >= 0.6 is 0 Å². The van der Waals surface area contributed by atoms with Crippen molar-refractivity contribution >= 4 is 16.7 Å². The van der Waals surface area contributed by atoms with Crippen molar-refractivity contribution in [2.75, 3.05) is 24.7 Å². The fraction of sp³-hybridized carbons (Fsp3) is 0.217. The quantitative estimate of drug-likeness (QED) is 0.541. The molecule has 1 aromatic heterocycles. The Labute approximate surface area is 177 Å². The lowest BCUT2D eigenvalue weighted by atomic mass is 10.0. The standard InChI is InChI=1S/C23H20F2N4O2/c24-19-13-20-22(21(25)23(19)30)29(27-26-20)17-8-6-16(7-9-17)28-10-11-31-14-18(28)12-15-4-2-1-3-5-15/h1-9,13,18,30H,10-12,14H2/t18-/m1/s1. The zero-order valence-corrected chi connectivity index (χ0v) is 16.6. The largest absolute Gasteiger partial charge is 0.503 e. The number of aromatic nitrogens is 3. The van der Waals surface area contributed by atoms with Crippen molar-refractivity contribution in [3.8, 4) is 11.4 Å². The number of benzene rings is 3. The smallest absolute Gasteiger partial charge is 0.195 e. The molecule has 0 amide bonds. The Morgan fingerprint density at radius 2 is 1.77 bits per heavy atom. The summed E-state index contributed by atoms with van der Waals surface area (Å²) >= 11 is 0. The topological polar surface area (TPSA) is 63.4 Å². The average molecular weight is 422 g/mol. The number of rotatable bonds is 4. The van der Waals surface area contributed by atoms with Gasteiger partial charge in [-0.05, 0) is 36.2 Å². The highest BCUT2D eigenvalue weighted by atomic mass is 19.1. The summed E-state index contributed by atoms with van der Waals surface area (Å²) in [5, 5.41) is 17.4. The number of aromatic hydroxyl groups is 1. The van der Waals surface area contributed by atoms with E-state index < -0.39 is 17.4 Å². The Morgan fingerprint density at radius 1 is 1.03 bits per heavy atom. The van der Waals surface area contributed by atoms with Gasteiger partial charge in [-0.1, -0.05) is 35.5 Å². The zero-order chi connectivity index (χ0) is 21.4. The maximum atomic E-state index is 14.5. The number of halogens is 2. The van der Waals surface area contributed by atoms with Gasteiger partial charge in [0, 0.05) is 18.3 Å². The van der Waals surface area contributed by atoms with Gasteiger partial charge in [-0.2, -0.15) is 0 Å². The molecule has 1 aliphatic heterocycles. The molecule has 4 aromatic rings. The Hall–Kier alpha value is -3.52. The number of hydrogen-bond donors (Lipinski definition) is 1. The second-order valence-corrected chi connectivity index (χ2v) is 7.52. The maximum absolute atomic E-state index is 14.5. The van der Waals surface area contributed by atoms with Crippen molar-refractivity contribution in [3.63, 3.8) is 0 Å². The Bertz CT molecular complexity index is 1210. The lowest BCUT2D eigenvalue weighted by Gasteiger charge is -2.37. The van der Waals surface area contributed by atoms with Crippen molar-refractivity contribution < 1.29 is 18.6 Å². The van der Waals surface area contributed by atoms with E-state index >= 15 is 0 Å². The van der Waals surface area contributed by atoms with Crippen LogP contribution in [0, 0.1) is 11.6 Å². The van der Waals surface area contributed by atoms with Crippen LogP contribution in [-0.2, 0) is 11.2 Å². The van der Waals surface area contributed by atoms with E-state index in [1.165, 1.54) is 10.2 Å². The molecular formula is C23H20F2N4O2. The molecule has 1 saturated heterocycles. The molecule has 8 heteroatoms. The number of ether oxygens (including phenoxy) is 1. The molecule has 3 aromatic carbocycles. The third kappa shape index (κ3) is 3.59. The molecular weight excluding hydrogens is 402 g/mol. The first-order valence-corrected chi connectivity index (χ1v) is 10.0. The van der Waals surface area contributed by atoms with E-state index in [4.69, 9.17) is 4.74 Å². The lowest BCUT2D eigenvalue weighted by molar-refractivity contribution is 0.0941. The van der Waals surface area contributed by atoms with Crippen LogP contribution in [0.5, 0.6) is 5.75 Å². The number of fused-ring (bicyclic) bond motifs is 1. The van der Waals surface area contributed by atoms with Gasteiger partial charge in [-0.15, -0.1) is 5.10 Å². The number of anilines is 1. The molecule has 2 heterocycles. The highest BCUT2D eigenvalue weighted by Gasteiger charge is 2.24. The van der Waals surface area contributed by atoms with Crippen LogP contribution in [0.1, 0.15) is 5.56 Å². The molecule has 1 N–H and O–H groups in total. The van der Waals surface area contributed by atoms with E-state index in [-0.39, 0.29) is 17.1 Å². The van der Waals surface area contributed by atoms with Gasteiger partial charge in [-0.25, -0.2) is 13.5 Å². The molecule has 1 aliphatic rings. The molecule has 158 valence electrons. The lowest BCUT2D eigenvalue weighted by Crippen LogP contribution is -2.46. The summed E-state index contributed by atoms with van der Waals surface area (Å²) in [6.45, 7) is 2.06. The predicted molar refractivity (Wildman–Crippen MR) is 113 cm³/mol. The molecule has 0 aliphatic carbocycles. The van der Waals surface area contributed by atoms with Crippen LogP contribution < -0.4 is 4.90 Å². The van der Waals surface area contributed by atoms with Gasteiger partial charge in [0.1, 0.15) is 11.0 Å². The Balaban J connectivity index is 1.44. The molecule has 0 unspecified atom stereocenters. The Morgan fingerprint density at radius 3 is 2.55 bits per heavy atom. The SMILES string of the molecule is Oc1c(F)cc2nnn(-c3ccc(N4CCOC[C@H]4Cc4ccccc4)cc3)c2c1F. The van der Waals surface area contributed by atoms with E-state index in [1.54, 1.807) is 12.1 Å². The van der Waals surface area contributed by atoms with Gasteiger partial charge in [0.05, 0.1) is 24.9 Å². The molecule has 0 radical (unpaired) electrons. The molecule has 1 atom stereocenters. The van der Waals surface area contributed by atoms with E-state index in [2.05, 4.69) is 27.3 Å². The highest BCUT2D eigenvalue weighted by Crippen LogP contribution is 2.30. The first kappa shape index (κ1) is 19.4. The molecule has 0 bridgehead atoms. The number of phenolic OH excluding ortho intramolecular Hbond substituents is 1. The minimum Gasteiger partial charge on any atom is -0.503 e. The number of hydrogen-bond acceptors (Lipinski definition) is 5. The predicted octanol–water partition coefficient (Wildman–Crippen LogP) is 3.85. The van der Waals surface area contributed by atoms with Crippen molar-refractivity contribution in [2.45, 2.75) is 12.5 Å². The van der Waals surface area contributed by atoms with Gasteiger partial charge in [-0.3, -0.25) is 0 Å². The first-order chi connectivity index (χ1) is 15.1. The molecule has 1 fully saturated rings. The summed E-state index contributed by atoms with van der Waals surface area (Å²) in [5.74, 6) is -3.19. The molecule has 5 rings (SSSR count). The third-order valence-corrected chi connectivity index (χ3v) is 5.57. The van der Waals surface area contributed by atoms with Gasteiger partial charge in [0.25, 0.3) is 0 Å². The summed E-state index contributed by atoms with van der Waals surface area (Å²) in [4.78, 5) is 2.31. The van der Waals surface area contributed by atoms with Crippen LogP contribution in [0.2, 0.25) is 0 Å². The molecule has 6 nitrogen and oxygen atoms in total. The van der Waals surface area contributed by atoms with E-state index in [0.717, 1.165) is 24.7 Å². The third-order valence-electron chi connectivity index (χ3n) is 5.57. The summed E-state index contributed by atoms with van der Waals surface area (Å²) in [7, 11) is 0. The van der Waals surface area contributed by atoms with Gasteiger partial charge in [0.2, 0.25) is 0 Å². The van der Waals surface area contributed by atoms with E-state index in [0.29, 0.717) is 18.9 Å². The van der Waals surface area contributed by atoms with Gasteiger partial charge in [0.15, 0.2) is 17.4 Å². The minimum atomic E-state index is -1.08. The maximum Gasteiger partial charge on any atom is 0.195 e. The van der Waals surface area contributed by atoms with Crippen molar-refractivity contribution in [1.29, 1.82) is 0 Å². The van der Waals surface area contributed by atoms with Gasteiger partial charge >= 0.3 is 0 Å². The van der Waals surface area contributed by atoms with Crippen LogP contribution in [0.15, 0.2) is 60.7 Å². The minimum absolute atomic E-state index is 0.0352. The normalized spacial score (nSPS) is 16.7. The number of morpholine rings is 1. The molecule has 0 saturated carbocycles. The van der Waals surface area contributed by atoms with Crippen LogP contribution in [0.25, 0.3) is 16.7 Å². The Kier molecular flexibility index (Phi) is 4.99. The zero-order valence-electron chi connectivity index (χ0n) is 16.6. The summed E-state index contributed by atoms with van der Waals surface area (Å²) in [6, 6.07) is 18.9. The fourth-order valence-corrected chi connectivity index (χ4v) is 4.02. The highest BCUT2D eigenvalue weighted by molar-refractivity contribution is 5.79. The average Bonchev–Trinajstić information content (AvgIpc) is 3.22. The number of phenols is 1. The van der Waals surface area contributed by atoms with Crippen molar-refractivity contribution in [1.82, 2.24) is 15.0 Å². The summed E-state index contributed by atoms with van der Waals surface area (Å²) in [5.41, 5.74) is 2.79. The second kappa shape index (κ2) is 7.96. The van der Waals surface area contributed by atoms with Crippen molar-refractivity contribution in [2.24, 2.45) is 0 Å². The molecule has 31 heavy (non-hydrogen) atoms. The van der Waals surface area contributed by atoms with E-state index in [9.17, 15) is 13.9 Å². The van der Waals surface area contributed by atoms with Crippen molar-refractivity contribution in [3.05, 3.63) is 77.9 Å². The van der Waals surface area contributed by atoms with Crippen LogP contribution in [-0.4, -0.2) is 45.9 Å². The summed E-state index contributed by atoms with van der Waals surface area (Å²) in [6.07, 6.45) is 0.867. The number of nitrogens with zero attached hydrogens (tertiary/aromatic N) is 4. The second-order valence-electron chi connectivity index (χ2n) is 7.52. The van der Waals surface area contributed by atoms with Crippen LogP contribution in [0.4, 0.5) is 14.5 Å². The summed E-state index contributed by atoms with van der Waals surface area (Å²) < 4.78 is 35.0. The fourth-order valence-electron chi connectivity index (χ4n) is 4.02. The van der Waals surface area contributed by atoms with E-state index in [1.807, 2.05) is 30.3 Å². The van der Waals surface area contributed by atoms with Crippen LogP contribution in [0.3, 0.4) is 0 Å². The monoisotopic (exact) mass is 422 g/mol. The van der Waals surface area contributed by atoms with Gasteiger partial charge < -0.3 is 14.7 Å². The first-order valence-electron chi connectivity index (χ1n) is 10.0.